The highest BCUT2D eigenvalue weighted by Gasteiger charge is 2.17. The van der Waals surface area contributed by atoms with Crippen LogP contribution in [0.15, 0.2) is 18.2 Å². The van der Waals surface area contributed by atoms with Crippen LogP contribution in [0.4, 0.5) is 0 Å². The van der Waals surface area contributed by atoms with Crippen LogP contribution in [-0.4, -0.2) is 19.6 Å². The van der Waals surface area contributed by atoms with E-state index in [0.717, 1.165) is 13.0 Å². The van der Waals surface area contributed by atoms with Crippen LogP contribution in [0.2, 0.25) is 0 Å². The maximum Gasteiger partial charge on any atom is 0.337 e. The van der Waals surface area contributed by atoms with Crippen LogP contribution >= 0.6 is 0 Å². The van der Waals surface area contributed by atoms with E-state index in [9.17, 15) is 4.79 Å². The molecule has 0 unspecified atom stereocenters. The molecule has 0 aliphatic carbocycles. The van der Waals surface area contributed by atoms with E-state index in [1.807, 2.05) is 18.2 Å². The fourth-order valence-electron chi connectivity index (χ4n) is 2.00. The summed E-state index contributed by atoms with van der Waals surface area (Å²) < 4.78 is 4.70. The van der Waals surface area contributed by atoms with E-state index in [1.165, 1.54) is 18.2 Å². The molecule has 0 bridgehead atoms. The number of rotatable bonds is 1. The van der Waals surface area contributed by atoms with Crippen molar-refractivity contribution in [2.24, 2.45) is 0 Å². The van der Waals surface area contributed by atoms with Gasteiger partial charge in [0.05, 0.1) is 12.7 Å². The minimum Gasteiger partial charge on any atom is -0.465 e. The molecule has 1 atom stereocenters. The van der Waals surface area contributed by atoms with Crippen molar-refractivity contribution in [1.82, 2.24) is 5.32 Å². The van der Waals surface area contributed by atoms with Gasteiger partial charge in [-0.1, -0.05) is 6.07 Å². The summed E-state index contributed by atoms with van der Waals surface area (Å²) in [6.45, 7) is 3.12. The molecule has 1 aromatic carbocycles. The van der Waals surface area contributed by atoms with E-state index < -0.39 is 0 Å². The zero-order chi connectivity index (χ0) is 10.8. The molecule has 1 aliphatic rings. The number of benzene rings is 1. The van der Waals surface area contributed by atoms with Crippen LogP contribution in [0, 0.1) is 0 Å². The van der Waals surface area contributed by atoms with E-state index >= 15 is 0 Å². The molecule has 1 aliphatic heterocycles. The predicted molar refractivity (Wildman–Crippen MR) is 57.9 cm³/mol. The lowest BCUT2D eigenvalue weighted by Gasteiger charge is -2.24. The zero-order valence-corrected chi connectivity index (χ0v) is 9.04. The molecule has 0 amide bonds. The lowest BCUT2D eigenvalue weighted by atomic mass is 9.93. The zero-order valence-electron chi connectivity index (χ0n) is 9.04. The number of nitrogens with one attached hydrogen (secondary N) is 1. The molecule has 0 saturated heterocycles. The third-order valence-electron chi connectivity index (χ3n) is 2.88. The van der Waals surface area contributed by atoms with E-state index in [4.69, 9.17) is 4.74 Å². The highest BCUT2D eigenvalue weighted by molar-refractivity contribution is 5.89. The number of methoxy groups -OCH3 is 1. The predicted octanol–water partition coefficient (Wildman–Crippen LogP) is 1.68. The molecule has 1 heterocycles. The molecule has 3 heteroatoms. The van der Waals surface area contributed by atoms with E-state index in [1.54, 1.807) is 0 Å². The average Bonchev–Trinajstić information content (AvgIpc) is 2.28. The number of ether oxygens (including phenoxy) is 1. The second kappa shape index (κ2) is 4.03. The Hall–Kier alpha value is -1.35. The van der Waals surface area contributed by atoms with Crippen molar-refractivity contribution in [1.29, 1.82) is 0 Å². The summed E-state index contributed by atoms with van der Waals surface area (Å²) in [5, 5.41) is 3.37. The molecule has 1 N–H and O–H groups in total. The molecular formula is C12H15NO2. The maximum absolute atomic E-state index is 11.4. The van der Waals surface area contributed by atoms with Crippen LogP contribution in [0.25, 0.3) is 0 Å². The highest BCUT2D eigenvalue weighted by atomic mass is 16.5. The average molecular weight is 205 g/mol. The van der Waals surface area contributed by atoms with Gasteiger partial charge < -0.3 is 10.1 Å². The number of fused-ring (bicyclic) bond motifs is 1. The third-order valence-corrected chi connectivity index (χ3v) is 2.88. The first kappa shape index (κ1) is 10.2. The van der Waals surface area contributed by atoms with E-state index in [-0.39, 0.29) is 5.97 Å². The third kappa shape index (κ3) is 1.88. The van der Waals surface area contributed by atoms with Crippen LogP contribution in [0.5, 0.6) is 0 Å². The van der Waals surface area contributed by atoms with Gasteiger partial charge in [0.2, 0.25) is 0 Å². The van der Waals surface area contributed by atoms with Gasteiger partial charge in [0.1, 0.15) is 0 Å². The molecule has 0 spiro atoms. The Bertz CT molecular complexity index is 387. The van der Waals surface area contributed by atoms with E-state index in [2.05, 4.69) is 12.2 Å². The fourth-order valence-corrected chi connectivity index (χ4v) is 2.00. The molecule has 15 heavy (non-hydrogen) atoms. The molecule has 0 radical (unpaired) electrons. The first-order chi connectivity index (χ1) is 7.22. The first-order valence-corrected chi connectivity index (χ1v) is 5.17. The number of hydrogen-bond donors (Lipinski definition) is 1. The largest absolute Gasteiger partial charge is 0.465 e. The van der Waals surface area contributed by atoms with Gasteiger partial charge in [0, 0.05) is 6.04 Å². The Morgan fingerprint density at radius 2 is 2.33 bits per heavy atom. The van der Waals surface area contributed by atoms with Gasteiger partial charge in [-0.2, -0.15) is 0 Å². The van der Waals surface area contributed by atoms with Crippen molar-refractivity contribution in [2.45, 2.75) is 19.4 Å². The molecule has 0 aromatic heterocycles. The van der Waals surface area contributed by atoms with Gasteiger partial charge in [-0.25, -0.2) is 4.79 Å². The van der Waals surface area contributed by atoms with Crippen molar-refractivity contribution in [3.63, 3.8) is 0 Å². The SMILES string of the molecule is COC(=O)c1ccc2c(c1)[C@H](C)NCC2. The Balaban J connectivity index is 2.39. The van der Waals surface area contributed by atoms with Crippen molar-refractivity contribution in [3.05, 3.63) is 34.9 Å². The number of carbonyl (C=O) groups is 1. The van der Waals surface area contributed by atoms with Crippen molar-refractivity contribution >= 4 is 5.97 Å². The first-order valence-electron chi connectivity index (χ1n) is 5.17. The summed E-state index contributed by atoms with van der Waals surface area (Å²) in [5.74, 6) is -0.268. The van der Waals surface area contributed by atoms with Gasteiger partial charge >= 0.3 is 5.97 Å². The van der Waals surface area contributed by atoms with Crippen molar-refractivity contribution in [3.8, 4) is 0 Å². The monoisotopic (exact) mass is 205 g/mol. The Kier molecular flexibility index (Phi) is 2.73. The van der Waals surface area contributed by atoms with Gasteiger partial charge in [0.25, 0.3) is 0 Å². The van der Waals surface area contributed by atoms with Crippen molar-refractivity contribution < 1.29 is 9.53 Å². The van der Waals surface area contributed by atoms with Gasteiger partial charge in [-0.05, 0) is 43.1 Å². The minimum atomic E-state index is -0.268. The van der Waals surface area contributed by atoms with Crippen LogP contribution in [0.3, 0.4) is 0 Å². The standard InChI is InChI=1S/C12H15NO2/c1-8-11-7-10(12(14)15-2)4-3-9(11)5-6-13-8/h3-4,7-8,13H,5-6H2,1-2H3/t8-/m0/s1. The second-order valence-electron chi connectivity index (χ2n) is 3.83. The lowest BCUT2D eigenvalue weighted by Crippen LogP contribution is -2.28. The molecule has 0 saturated carbocycles. The molecule has 3 nitrogen and oxygen atoms in total. The number of carbonyl (C=O) groups excluding carboxylic acids is 1. The van der Waals surface area contributed by atoms with Crippen LogP contribution < -0.4 is 5.32 Å². The van der Waals surface area contributed by atoms with Crippen LogP contribution in [-0.2, 0) is 11.2 Å². The highest BCUT2D eigenvalue weighted by Crippen LogP contribution is 2.23. The van der Waals surface area contributed by atoms with E-state index in [0.29, 0.717) is 11.6 Å². The summed E-state index contributed by atoms with van der Waals surface area (Å²) >= 11 is 0. The summed E-state index contributed by atoms with van der Waals surface area (Å²) in [6.07, 6.45) is 1.03. The molecular weight excluding hydrogens is 190 g/mol. The number of esters is 1. The smallest absolute Gasteiger partial charge is 0.337 e. The maximum atomic E-state index is 11.4. The quantitative estimate of drug-likeness (QED) is 0.709. The summed E-state index contributed by atoms with van der Waals surface area (Å²) in [6, 6.07) is 6.11. The summed E-state index contributed by atoms with van der Waals surface area (Å²) in [7, 11) is 1.41. The second-order valence-corrected chi connectivity index (χ2v) is 3.83. The van der Waals surface area contributed by atoms with Gasteiger partial charge in [0.15, 0.2) is 0 Å². The Morgan fingerprint density at radius 1 is 1.53 bits per heavy atom. The van der Waals surface area contributed by atoms with Gasteiger partial charge in [-0.3, -0.25) is 0 Å². The normalized spacial score (nSPS) is 19.5. The van der Waals surface area contributed by atoms with Gasteiger partial charge in [-0.15, -0.1) is 0 Å². The molecule has 80 valence electrons. The Labute approximate surface area is 89.4 Å². The Morgan fingerprint density at radius 3 is 3.07 bits per heavy atom. The molecule has 1 aromatic rings. The molecule has 2 rings (SSSR count). The summed E-state index contributed by atoms with van der Waals surface area (Å²) in [5.41, 5.74) is 3.17. The fraction of sp³-hybridized carbons (Fsp3) is 0.417. The topological polar surface area (TPSA) is 38.3 Å². The molecule has 0 fully saturated rings. The minimum absolute atomic E-state index is 0.268. The van der Waals surface area contributed by atoms with Crippen LogP contribution in [0.1, 0.15) is 34.5 Å². The summed E-state index contributed by atoms with van der Waals surface area (Å²) in [4.78, 5) is 11.4. The van der Waals surface area contributed by atoms with Crippen molar-refractivity contribution in [2.75, 3.05) is 13.7 Å². The lowest BCUT2D eigenvalue weighted by molar-refractivity contribution is 0.0600. The number of hydrogen-bond acceptors (Lipinski definition) is 3.